The summed E-state index contributed by atoms with van der Waals surface area (Å²) in [7, 11) is 2.93. The third-order valence-electron chi connectivity index (χ3n) is 6.64. The van der Waals surface area contributed by atoms with E-state index in [-0.39, 0.29) is 5.91 Å². The summed E-state index contributed by atoms with van der Waals surface area (Å²) in [5, 5.41) is 4.13. The Morgan fingerprint density at radius 1 is 0.902 bits per heavy atom. The van der Waals surface area contributed by atoms with Crippen molar-refractivity contribution in [3.63, 3.8) is 0 Å². The smallest absolute Gasteiger partial charge is 0.341 e. The van der Waals surface area contributed by atoms with E-state index in [4.69, 9.17) is 19.2 Å². The van der Waals surface area contributed by atoms with E-state index in [0.717, 1.165) is 28.2 Å². The minimum atomic E-state index is -0.528. The number of rotatable bonds is 9. The van der Waals surface area contributed by atoms with Crippen molar-refractivity contribution in [1.29, 1.82) is 0 Å². The van der Waals surface area contributed by atoms with Crippen molar-refractivity contribution in [2.75, 3.05) is 26.1 Å². The molecule has 41 heavy (non-hydrogen) atoms. The average molecular weight is 567 g/mol. The highest BCUT2D eigenvalue weighted by Gasteiger charge is 2.26. The van der Waals surface area contributed by atoms with E-state index in [1.54, 1.807) is 13.2 Å². The summed E-state index contributed by atoms with van der Waals surface area (Å²) >= 11 is 1.33. The first kappa shape index (κ1) is 27.9. The average Bonchev–Trinajstić information content (AvgIpc) is 3.34. The molecule has 1 N–H and O–H groups in total. The Labute approximate surface area is 242 Å². The molecule has 8 heteroatoms. The van der Waals surface area contributed by atoms with Crippen LogP contribution in [0.15, 0.2) is 78.9 Å². The maximum absolute atomic E-state index is 13.9. The second kappa shape index (κ2) is 12.2. The summed E-state index contributed by atoms with van der Waals surface area (Å²) in [6.07, 6.45) is 0.901. The largest absolute Gasteiger partial charge is 0.497 e. The van der Waals surface area contributed by atoms with E-state index in [1.807, 2.05) is 79.7 Å². The number of esters is 1. The summed E-state index contributed by atoms with van der Waals surface area (Å²) in [5.41, 5.74) is 4.45. The van der Waals surface area contributed by atoms with Crippen molar-refractivity contribution in [3.05, 3.63) is 94.9 Å². The van der Waals surface area contributed by atoms with E-state index >= 15 is 0 Å². The lowest BCUT2D eigenvalue weighted by Crippen LogP contribution is -2.15. The number of amides is 1. The van der Waals surface area contributed by atoms with Gasteiger partial charge in [-0.05, 0) is 55.3 Å². The Morgan fingerprint density at radius 2 is 1.68 bits per heavy atom. The summed E-state index contributed by atoms with van der Waals surface area (Å²) in [6, 6.07) is 24.4. The van der Waals surface area contributed by atoms with Crippen LogP contribution in [0.4, 0.5) is 5.00 Å². The van der Waals surface area contributed by atoms with E-state index in [2.05, 4.69) is 12.2 Å². The number of hydrogen-bond acceptors (Lipinski definition) is 7. The van der Waals surface area contributed by atoms with E-state index in [9.17, 15) is 9.59 Å². The van der Waals surface area contributed by atoms with Crippen LogP contribution >= 0.6 is 11.3 Å². The Kier molecular flexibility index (Phi) is 8.31. The summed E-state index contributed by atoms with van der Waals surface area (Å²) in [4.78, 5) is 32.6. The fraction of sp³-hybridized carbons (Fsp3) is 0.182. The first-order valence-electron chi connectivity index (χ1n) is 13.2. The number of methoxy groups -OCH3 is 2. The highest BCUT2D eigenvalue weighted by molar-refractivity contribution is 7.17. The summed E-state index contributed by atoms with van der Waals surface area (Å²) < 4.78 is 16.2. The standard InChI is InChI=1S/C33H30N2O5S/c1-5-17-40-24-10-8-9-22(18-24)28-19-26(25-11-6-7-12-27(25)34-28)31(36)35-32-30(33(37)39-4)29(20(2)41-32)21-13-15-23(38-3)16-14-21/h6-16,18-19H,5,17H2,1-4H3,(H,35,36). The maximum Gasteiger partial charge on any atom is 0.341 e. The van der Waals surface area contributed by atoms with Gasteiger partial charge in [0.1, 0.15) is 22.1 Å². The predicted molar refractivity (Wildman–Crippen MR) is 163 cm³/mol. The maximum atomic E-state index is 13.9. The number of fused-ring (bicyclic) bond motifs is 1. The van der Waals surface area contributed by atoms with Gasteiger partial charge in [-0.3, -0.25) is 4.79 Å². The van der Waals surface area contributed by atoms with Crippen LogP contribution in [0, 0.1) is 6.92 Å². The van der Waals surface area contributed by atoms with Crippen molar-refractivity contribution in [1.82, 2.24) is 4.98 Å². The van der Waals surface area contributed by atoms with Crippen molar-refractivity contribution >= 4 is 39.1 Å². The van der Waals surface area contributed by atoms with Crippen LogP contribution in [0.3, 0.4) is 0 Å². The first-order chi connectivity index (χ1) is 19.9. The minimum absolute atomic E-state index is 0.313. The van der Waals surface area contributed by atoms with Gasteiger partial charge in [-0.15, -0.1) is 11.3 Å². The molecule has 208 valence electrons. The molecule has 0 fully saturated rings. The number of anilines is 1. The first-order valence-corrected chi connectivity index (χ1v) is 14.1. The van der Waals surface area contributed by atoms with E-state index in [0.29, 0.717) is 50.6 Å². The molecular weight excluding hydrogens is 536 g/mol. The molecule has 0 bridgehead atoms. The molecular formula is C33H30N2O5S. The number of nitrogens with zero attached hydrogens (tertiary/aromatic N) is 1. The van der Waals surface area contributed by atoms with Crippen LogP contribution in [-0.4, -0.2) is 37.7 Å². The molecule has 5 rings (SSSR count). The third-order valence-corrected chi connectivity index (χ3v) is 7.66. The molecule has 5 aromatic rings. The molecule has 0 spiro atoms. The molecule has 0 aliphatic heterocycles. The molecule has 0 aliphatic rings. The Morgan fingerprint density at radius 3 is 2.41 bits per heavy atom. The molecule has 1 amide bonds. The SMILES string of the molecule is CCCOc1cccc(-c2cc(C(=O)Nc3sc(C)c(-c4ccc(OC)cc4)c3C(=O)OC)c3ccccc3n2)c1. The number of benzene rings is 3. The van der Waals surface area contributed by atoms with Gasteiger partial charge < -0.3 is 19.5 Å². The van der Waals surface area contributed by atoms with Crippen LogP contribution in [0.5, 0.6) is 11.5 Å². The monoisotopic (exact) mass is 566 g/mol. The molecule has 3 aromatic carbocycles. The quantitative estimate of drug-likeness (QED) is 0.183. The topological polar surface area (TPSA) is 86.8 Å². The summed E-state index contributed by atoms with van der Waals surface area (Å²) in [6.45, 7) is 4.59. The van der Waals surface area contributed by atoms with Crippen molar-refractivity contribution < 1.29 is 23.8 Å². The van der Waals surface area contributed by atoms with Gasteiger partial charge in [-0.25, -0.2) is 9.78 Å². The van der Waals surface area contributed by atoms with Crippen LogP contribution in [0.1, 0.15) is 38.9 Å². The lowest BCUT2D eigenvalue weighted by atomic mass is 10.0. The van der Waals surface area contributed by atoms with Crippen LogP contribution in [-0.2, 0) is 4.74 Å². The number of nitrogens with one attached hydrogen (secondary N) is 1. The normalized spacial score (nSPS) is 10.8. The van der Waals surface area contributed by atoms with Crippen molar-refractivity contribution in [3.8, 4) is 33.9 Å². The Bertz CT molecular complexity index is 1730. The Balaban J connectivity index is 1.57. The van der Waals surface area contributed by atoms with Gasteiger partial charge in [-0.2, -0.15) is 0 Å². The lowest BCUT2D eigenvalue weighted by molar-refractivity contribution is 0.0603. The fourth-order valence-corrected chi connectivity index (χ4v) is 5.74. The number of hydrogen-bond donors (Lipinski definition) is 1. The second-order valence-corrected chi connectivity index (χ2v) is 10.6. The highest BCUT2D eigenvalue weighted by Crippen LogP contribution is 2.41. The predicted octanol–water partition coefficient (Wildman–Crippen LogP) is 7.78. The number of thiophene rings is 1. The van der Waals surface area contributed by atoms with Crippen LogP contribution in [0.2, 0.25) is 0 Å². The van der Waals surface area contributed by atoms with Gasteiger partial charge in [0.2, 0.25) is 0 Å². The third kappa shape index (κ3) is 5.78. The van der Waals surface area contributed by atoms with Gasteiger partial charge in [-0.1, -0.05) is 49.4 Å². The molecule has 0 saturated heterocycles. The highest BCUT2D eigenvalue weighted by atomic mass is 32.1. The van der Waals surface area contributed by atoms with E-state index in [1.165, 1.54) is 18.4 Å². The van der Waals surface area contributed by atoms with Gasteiger partial charge in [0.25, 0.3) is 5.91 Å². The zero-order valence-electron chi connectivity index (χ0n) is 23.3. The fourth-order valence-electron chi connectivity index (χ4n) is 4.68. The number of aromatic nitrogens is 1. The Hall–Kier alpha value is -4.69. The second-order valence-electron chi connectivity index (χ2n) is 9.36. The van der Waals surface area contributed by atoms with Gasteiger partial charge in [0.15, 0.2) is 0 Å². The molecule has 0 aliphatic carbocycles. The number of carbonyl (C=O) groups excluding carboxylic acids is 2. The number of para-hydroxylation sites is 1. The molecule has 0 radical (unpaired) electrons. The lowest BCUT2D eigenvalue weighted by Gasteiger charge is -2.12. The van der Waals surface area contributed by atoms with Crippen LogP contribution in [0.25, 0.3) is 33.3 Å². The number of carbonyl (C=O) groups is 2. The zero-order chi connectivity index (χ0) is 28.9. The van der Waals surface area contributed by atoms with Gasteiger partial charge >= 0.3 is 5.97 Å². The van der Waals surface area contributed by atoms with Crippen molar-refractivity contribution in [2.45, 2.75) is 20.3 Å². The molecule has 0 saturated carbocycles. The van der Waals surface area contributed by atoms with Gasteiger partial charge in [0, 0.05) is 21.4 Å². The van der Waals surface area contributed by atoms with E-state index < -0.39 is 5.97 Å². The molecule has 0 atom stereocenters. The number of pyridine rings is 1. The zero-order valence-corrected chi connectivity index (χ0v) is 24.1. The summed E-state index contributed by atoms with van der Waals surface area (Å²) in [5.74, 6) is 0.571. The van der Waals surface area contributed by atoms with Crippen molar-refractivity contribution in [2.24, 2.45) is 0 Å². The minimum Gasteiger partial charge on any atom is -0.497 e. The van der Waals surface area contributed by atoms with Crippen LogP contribution < -0.4 is 14.8 Å². The molecule has 0 unspecified atom stereocenters. The molecule has 7 nitrogen and oxygen atoms in total. The van der Waals surface area contributed by atoms with Gasteiger partial charge in [0.05, 0.1) is 37.6 Å². The molecule has 2 aromatic heterocycles. The molecule has 2 heterocycles. The number of ether oxygens (including phenoxy) is 3. The number of aryl methyl sites for hydroxylation is 1.